The van der Waals surface area contributed by atoms with Gasteiger partial charge in [-0.15, -0.1) is 0 Å². The molecule has 1 saturated carbocycles. The van der Waals surface area contributed by atoms with Crippen molar-refractivity contribution in [1.82, 2.24) is 0 Å². The van der Waals surface area contributed by atoms with Gasteiger partial charge in [-0.25, -0.2) is 0 Å². The van der Waals surface area contributed by atoms with E-state index in [-0.39, 0.29) is 23.8 Å². The predicted molar refractivity (Wildman–Crippen MR) is 232 cm³/mol. The van der Waals surface area contributed by atoms with Gasteiger partial charge in [-0.05, 0) is 136 Å². The quantitative estimate of drug-likeness (QED) is 0.0915. The first-order valence-corrected chi connectivity index (χ1v) is 19.9. The summed E-state index contributed by atoms with van der Waals surface area (Å²) in [6.45, 7) is 15.3. The lowest BCUT2D eigenvalue weighted by atomic mass is 9.81. The van der Waals surface area contributed by atoms with Gasteiger partial charge in [-0.1, -0.05) is 103 Å². The number of anilines is 5. The van der Waals surface area contributed by atoms with Crippen molar-refractivity contribution in [2.24, 2.45) is 5.92 Å². The molecule has 0 saturated heterocycles. The Bertz CT molecular complexity index is 2160. The van der Waals surface area contributed by atoms with E-state index in [0.29, 0.717) is 6.61 Å². The molecule has 0 heterocycles. The van der Waals surface area contributed by atoms with Gasteiger partial charge in [0.1, 0.15) is 0 Å². The van der Waals surface area contributed by atoms with E-state index < -0.39 is 0 Å². The molecule has 0 aromatic heterocycles. The van der Waals surface area contributed by atoms with E-state index >= 15 is 0 Å². The van der Waals surface area contributed by atoms with Crippen molar-refractivity contribution in [2.75, 3.05) is 22.6 Å². The zero-order valence-corrected chi connectivity index (χ0v) is 33.5. The Morgan fingerprint density at radius 3 is 1.64 bits per heavy atom. The van der Waals surface area contributed by atoms with Crippen molar-refractivity contribution in [1.29, 1.82) is 0 Å². The summed E-state index contributed by atoms with van der Waals surface area (Å²) in [6.07, 6.45) is 3.97. The average Bonchev–Trinajstić information content (AvgIpc) is 3.17. The second-order valence-electron chi connectivity index (χ2n) is 15.6. The van der Waals surface area contributed by atoms with Crippen LogP contribution in [-0.2, 0) is 9.53 Å². The number of ether oxygens (including phenoxy) is 1. The fourth-order valence-electron chi connectivity index (χ4n) is 8.85. The summed E-state index contributed by atoms with van der Waals surface area (Å²) in [5.74, 6) is -0.245. The molecule has 0 amide bonds. The largest absolute Gasteiger partial charge is 0.466 e. The summed E-state index contributed by atoms with van der Waals surface area (Å²) in [6, 6.07) is 40.1. The zero-order valence-electron chi connectivity index (χ0n) is 33.5. The van der Waals surface area contributed by atoms with Gasteiger partial charge in [-0.3, -0.25) is 4.79 Å². The van der Waals surface area contributed by atoms with E-state index in [9.17, 15) is 4.79 Å². The van der Waals surface area contributed by atoms with E-state index in [2.05, 4.69) is 167 Å². The zero-order chi connectivity index (χ0) is 38.6. The van der Waals surface area contributed by atoms with E-state index in [1.54, 1.807) is 0 Å². The van der Waals surface area contributed by atoms with Crippen LogP contribution < -0.4 is 16.0 Å². The minimum Gasteiger partial charge on any atom is -0.466 e. The molecule has 55 heavy (non-hydrogen) atoms. The highest BCUT2D eigenvalue weighted by molar-refractivity contribution is 5.97. The van der Waals surface area contributed by atoms with Gasteiger partial charge in [0.05, 0.1) is 12.5 Å². The molecule has 7 rings (SSSR count). The molecule has 1 fully saturated rings. The Morgan fingerprint density at radius 1 is 0.636 bits per heavy atom. The van der Waals surface area contributed by atoms with Crippen LogP contribution in [0.5, 0.6) is 0 Å². The minimum atomic E-state index is -0.140. The number of aryl methyl sites for hydroxylation is 6. The number of rotatable bonds is 11. The minimum absolute atomic E-state index is 0.0188. The van der Waals surface area contributed by atoms with Crippen molar-refractivity contribution < 1.29 is 9.53 Å². The van der Waals surface area contributed by atoms with Crippen LogP contribution >= 0.6 is 0 Å². The lowest BCUT2D eigenvalue weighted by Gasteiger charge is -2.32. The highest BCUT2D eigenvalue weighted by atomic mass is 16.5. The third-order valence-corrected chi connectivity index (χ3v) is 11.3. The first kappa shape index (κ1) is 37.8. The maximum Gasteiger partial charge on any atom is 0.311 e. The molecule has 2 unspecified atom stereocenters. The van der Waals surface area contributed by atoms with Gasteiger partial charge in [0.25, 0.3) is 0 Å². The predicted octanol–water partition coefficient (Wildman–Crippen LogP) is 12.9. The van der Waals surface area contributed by atoms with Crippen LogP contribution in [0.2, 0.25) is 0 Å². The molecule has 5 heteroatoms. The molecule has 282 valence electrons. The lowest BCUT2D eigenvalue weighted by molar-refractivity contribution is -0.149. The average molecular weight is 730 g/mol. The van der Waals surface area contributed by atoms with Crippen LogP contribution in [0.1, 0.15) is 88.6 Å². The SMILES string of the molecule is CCOC(=O)C1CCCCC1Nc1ccc(C(c2ccc(Nc3c(C)cc(C)cc3C)cc2)c2ccc(Nc3c(C)cc(C)cc3C)cc2)c2ccccc12. The molecule has 0 spiro atoms. The molecule has 1 aliphatic rings. The first-order chi connectivity index (χ1) is 26.6. The molecular weight excluding hydrogens is 675 g/mol. The molecule has 5 nitrogen and oxygen atoms in total. The molecule has 6 aromatic rings. The number of hydrogen-bond acceptors (Lipinski definition) is 5. The van der Waals surface area contributed by atoms with Crippen molar-refractivity contribution in [2.45, 2.75) is 86.1 Å². The van der Waals surface area contributed by atoms with Gasteiger partial charge >= 0.3 is 5.97 Å². The Balaban J connectivity index is 1.27. The summed E-state index contributed by atoms with van der Waals surface area (Å²) in [7, 11) is 0. The molecule has 2 atom stereocenters. The van der Waals surface area contributed by atoms with E-state index in [0.717, 1.165) is 59.5 Å². The summed E-state index contributed by atoms with van der Waals surface area (Å²) in [5.41, 5.74) is 16.7. The van der Waals surface area contributed by atoms with Crippen LogP contribution in [-0.4, -0.2) is 18.6 Å². The normalized spacial score (nSPS) is 15.6. The van der Waals surface area contributed by atoms with Crippen molar-refractivity contribution >= 4 is 45.2 Å². The van der Waals surface area contributed by atoms with Gasteiger partial charge in [0, 0.05) is 45.8 Å². The number of nitrogens with one attached hydrogen (secondary N) is 3. The highest BCUT2D eigenvalue weighted by Gasteiger charge is 2.32. The van der Waals surface area contributed by atoms with Gasteiger partial charge in [0.2, 0.25) is 0 Å². The van der Waals surface area contributed by atoms with Crippen LogP contribution in [0.3, 0.4) is 0 Å². The second-order valence-corrected chi connectivity index (χ2v) is 15.6. The van der Waals surface area contributed by atoms with Gasteiger partial charge in [0.15, 0.2) is 0 Å². The Labute approximate surface area is 327 Å². The molecule has 3 N–H and O–H groups in total. The van der Waals surface area contributed by atoms with Crippen molar-refractivity contribution in [3.05, 3.63) is 159 Å². The number of carbonyl (C=O) groups excluding carboxylic acids is 1. The van der Waals surface area contributed by atoms with Crippen molar-refractivity contribution in [3.63, 3.8) is 0 Å². The summed E-state index contributed by atoms with van der Waals surface area (Å²) >= 11 is 0. The van der Waals surface area contributed by atoms with Crippen LogP contribution in [0, 0.1) is 47.5 Å². The standard InChI is InChI=1S/C50H55N3O2/c1-8-55-50(54)44-15-11-12-16-45(44)53-46-26-25-43(41-13-9-10-14-42(41)46)47(37-17-21-39(22-18-37)51-48-33(4)27-31(2)28-34(48)5)38-19-23-40(24-20-38)52-49-35(6)29-32(3)30-36(49)7/h9-10,13-14,17-30,44-45,47,51-53H,8,11-12,15-16H2,1-7H3. The number of carbonyl (C=O) groups is 1. The molecule has 0 radical (unpaired) electrons. The summed E-state index contributed by atoms with van der Waals surface area (Å²) in [5, 5.41) is 13.6. The number of fused-ring (bicyclic) bond motifs is 1. The molecule has 0 bridgehead atoms. The number of esters is 1. The van der Waals surface area contributed by atoms with E-state index in [1.807, 2.05) is 6.92 Å². The number of benzene rings is 6. The Kier molecular flexibility index (Phi) is 11.3. The lowest BCUT2D eigenvalue weighted by Crippen LogP contribution is -2.38. The van der Waals surface area contributed by atoms with E-state index in [1.165, 1.54) is 55.5 Å². The monoisotopic (exact) mass is 729 g/mol. The highest BCUT2D eigenvalue weighted by Crippen LogP contribution is 2.41. The molecular formula is C50H55N3O2. The maximum atomic E-state index is 13.0. The van der Waals surface area contributed by atoms with Crippen molar-refractivity contribution in [3.8, 4) is 0 Å². The van der Waals surface area contributed by atoms with Crippen LogP contribution in [0.4, 0.5) is 28.4 Å². The fourth-order valence-corrected chi connectivity index (χ4v) is 8.85. The third-order valence-electron chi connectivity index (χ3n) is 11.3. The summed E-state index contributed by atoms with van der Waals surface area (Å²) < 4.78 is 5.51. The maximum absolute atomic E-state index is 13.0. The van der Waals surface area contributed by atoms with Crippen LogP contribution in [0.25, 0.3) is 10.8 Å². The Hall–Kier alpha value is -5.55. The molecule has 0 aliphatic heterocycles. The molecule has 6 aromatic carbocycles. The van der Waals surface area contributed by atoms with Crippen LogP contribution in [0.15, 0.2) is 109 Å². The topological polar surface area (TPSA) is 62.4 Å². The summed E-state index contributed by atoms with van der Waals surface area (Å²) in [4.78, 5) is 13.0. The number of hydrogen-bond donors (Lipinski definition) is 3. The van der Waals surface area contributed by atoms with Gasteiger partial charge in [-0.2, -0.15) is 0 Å². The third kappa shape index (κ3) is 8.27. The first-order valence-electron chi connectivity index (χ1n) is 19.9. The fraction of sp³-hybridized carbons (Fsp3) is 0.300. The second kappa shape index (κ2) is 16.4. The van der Waals surface area contributed by atoms with E-state index in [4.69, 9.17) is 4.74 Å². The smallest absolute Gasteiger partial charge is 0.311 e. The van der Waals surface area contributed by atoms with Gasteiger partial charge < -0.3 is 20.7 Å². The molecule has 1 aliphatic carbocycles. The Morgan fingerprint density at radius 2 is 1.13 bits per heavy atom.